The molecule has 1 atom stereocenters. The number of anilines is 1. The Morgan fingerprint density at radius 1 is 1.47 bits per heavy atom. The van der Waals surface area contributed by atoms with Crippen LogP contribution in [0.25, 0.3) is 0 Å². The standard InChI is InChI=1S/C12H18BrNO2S/c1-9(2)8-16-5-6-17(15)12-7-10(13)3-4-11(12)14/h3-4,7,9H,5-6,8,14H2,1-2H3. The molecule has 0 aliphatic carbocycles. The fourth-order valence-corrected chi connectivity index (χ4v) is 2.86. The van der Waals surface area contributed by atoms with Crippen LogP contribution in [0.5, 0.6) is 0 Å². The number of hydrogen-bond donors (Lipinski definition) is 1. The Kier molecular flexibility index (Phi) is 6.16. The molecule has 0 bridgehead atoms. The maximum absolute atomic E-state index is 12.0. The van der Waals surface area contributed by atoms with E-state index in [2.05, 4.69) is 29.8 Å². The highest BCUT2D eigenvalue weighted by Gasteiger charge is 2.08. The minimum absolute atomic E-state index is 0.480. The average Bonchev–Trinajstić information content (AvgIpc) is 2.27. The van der Waals surface area contributed by atoms with Crippen molar-refractivity contribution in [2.75, 3.05) is 24.7 Å². The Balaban J connectivity index is 2.49. The largest absolute Gasteiger partial charge is 0.398 e. The lowest BCUT2D eigenvalue weighted by Crippen LogP contribution is -2.11. The number of benzene rings is 1. The van der Waals surface area contributed by atoms with Crippen LogP contribution in [0.3, 0.4) is 0 Å². The predicted molar refractivity (Wildman–Crippen MR) is 75.5 cm³/mol. The van der Waals surface area contributed by atoms with Crippen LogP contribution in [0.4, 0.5) is 5.69 Å². The first-order valence-electron chi connectivity index (χ1n) is 5.52. The Labute approximate surface area is 113 Å². The summed E-state index contributed by atoms with van der Waals surface area (Å²) in [5.41, 5.74) is 6.35. The summed E-state index contributed by atoms with van der Waals surface area (Å²) >= 11 is 3.34. The normalized spacial score (nSPS) is 12.9. The second-order valence-electron chi connectivity index (χ2n) is 4.20. The van der Waals surface area contributed by atoms with Gasteiger partial charge < -0.3 is 10.5 Å². The molecular weight excluding hydrogens is 302 g/mol. The summed E-state index contributed by atoms with van der Waals surface area (Å²) < 4.78 is 18.3. The number of nitrogens with two attached hydrogens (primary N) is 1. The zero-order valence-corrected chi connectivity index (χ0v) is 12.5. The van der Waals surface area contributed by atoms with Gasteiger partial charge in [-0.1, -0.05) is 29.8 Å². The lowest BCUT2D eigenvalue weighted by molar-refractivity contribution is 0.123. The molecule has 96 valence electrons. The van der Waals surface area contributed by atoms with Crippen molar-refractivity contribution >= 4 is 32.4 Å². The van der Waals surface area contributed by atoms with Gasteiger partial charge in [0, 0.05) is 16.8 Å². The zero-order chi connectivity index (χ0) is 12.8. The molecule has 0 fully saturated rings. The molecule has 0 amide bonds. The van der Waals surface area contributed by atoms with Gasteiger partial charge in [-0.3, -0.25) is 4.21 Å². The third kappa shape index (κ3) is 5.19. The summed E-state index contributed by atoms with van der Waals surface area (Å²) in [5, 5.41) is 0. The summed E-state index contributed by atoms with van der Waals surface area (Å²) in [5.74, 6) is 0.979. The highest BCUT2D eigenvalue weighted by atomic mass is 79.9. The van der Waals surface area contributed by atoms with Crippen LogP contribution in [-0.4, -0.2) is 23.2 Å². The van der Waals surface area contributed by atoms with Gasteiger partial charge in [0.1, 0.15) is 0 Å². The quantitative estimate of drug-likeness (QED) is 0.648. The third-order valence-corrected chi connectivity index (χ3v) is 3.96. The smallest absolute Gasteiger partial charge is 0.0629 e. The van der Waals surface area contributed by atoms with Gasteiger partial charge in [-0.2, -0.15) is 0 Å². The van der Waals surface area contributed by atoms with E-state index >= 15 is 0 Å². The van der Waals surface area contributed by atoms with E-state index in [1.807, 2.05) is 6.07 Å². The van der Waals surface area contributed by atoms with Gasteiger partial charge in [0.25, 0.3) is 0 Å². The van der Waals surface area contributed by atoms with Gasteiger partial charge in [-0.25, -0.2) is 0 Å². The maximum Gasteiger partial charge on any atom is 0.0629 e. The van der Waals surface area contributed by atoms with Gasteiger partial charge in [0.15, 0.2) is 0 Å². The number of halogens is 1. The first kappa shape index (κ1) is 14.7. The van der Waals surface area contributed by atoms with Crippen molar-refractivity contribution in [2.24, 2.45) is 5.92 Å². The highest BCUT2D eigenvalue weighted by Crippen LogP contribution is 2.21. The topological polar surface area (TPSA) is 52.3 Å². The number of nitrogen functional groups attached to an aromatic ring is 1. The van der Waals surface area contributed by atoms with E-state index in [-0.39, 0.29) is 0 Å². The fraction of sp³-hybridized carbons (Fsp3) is 0.500. The maximum atomic E-state index is 12.0. The molecule has 0 radical (unpaired) electrons. The molecule has 5 heteroatoms. The van der Waals surface area contributed by atoms with Crippen LogP contribution in [-0.2, 0) is 15.5 Å². The van der Waals surface area contributed by atoms with Gasteiger partial charge in [0.05, 0.1) is 28.1 Å². The molecule has 0 saturated carbocycles. The Bertz CT molecular complexity index is 396. The average molecular weight is 320 g/mol. The first-order chi connectivity index (χ1) is 8.00. The van der Waals surface area contributed by atoms with Gasteiger partial charge >= 0.3 is 0 Å². The number of hydrogen-bond acceptors (Lipinski definition) is 3. The van der Waals surface area contributed by atoms with Crippen LogP contribution in [0.15, 0.2) is 27.6 Å². The minimum Gasteiger partial charge on any atom is -0.398 e. The number of rotatable bonds is 6. The van der Waals surface area contributed by atoms with Gasteiger partial charge in [-0.05, 0) is 24.1 Å². The minimum atomic E-state index is -1.10. The molecule has 2 N–H and O–H groups in total. The SMILES string of the molecule is CC(C)COCCS(=O)c1cc(Br)ccc1N. The zero-order valence-electron chi connectivity index (χ0n) is 10.1. The Hall–Kier alpha value is -0.390. The van der Waals surface area contributed by atoms with E-state index < -0.39 is 10.8 Å². The van der Waals surface area contributed by atoms with Crippen molar-refractivity contribution in [1.29, 1.82) is 0 Å². The molecular formula is C12H18BrNO2S. The Morgan fingerprint density at radius 3 is 2.82 bits per heavy atom. The molecule has 0 aromatic heterocycles. The summed E-state index contributed by atoms with van der Waals surface area (Å²) in [6, 6.07) is 5.39. The second kappa shape index (κ2) is 7.13. The third-order valence-electron chi connectivity index (χ3n) is 2.09. The molecule has 3 nitrogen and oxygen atoms in total. The van der Waals surface area contributed by atoms with Crippen LogP contribution in [0.1, 0.15) is 13.8 Å². The monoisotopic (exact) mass is 319 g/mol. The molecule has 17 heavy (non-hydrogen) atoms. The molecule has 0 aliphatic rings. The van der Waals surface area contributed by atoms with E-state index in [0.29, 0.717) is 35.5 Å². The van der Waals surface area contributed by atoms with Crippen molar-refractivity contribution in [2.45, 2.75) is 18.7 Å². The van der Waals surface area contributed by atoms with Crippen molar-refractivity contribution in [3.05, 3.63) is 22.7 Å². The summed E-state index contributed by atoms with van der Waals surface area (Å²) in [6.07, 6.45) is 0. The molecule has 1 aromatic rings. The number of ether oxygens (including phenoxy) is 1. The lowest BCUT2D eigenvalue weighted by atomic mass is 10.2. The molecule has 1 unspecified atom stereocenters. The van der Waals surface area contributed by atoms with Crippen molar-refractivity contribution < 1.29 is 8.95 Å². The molecule has 1 rings (SSSR count). The molecule has 1 aromatic carbocycles. The van der Waals surface area contributed by atoms with Crippen molar-refractivity contribution in [3.63, 3.8) is 0 Å². The molecule has 0 spiro atoms. The van der Waals surface area contributed by atoms with E-state index in [4.69, 9.17) is 10.5 Å². The van der Waals surface area contributed by atoms with Crippen LogP contribution in [0, 0.1) is 5.92 Å². The first-order valence-corrected chi connectivity index (χ1v) is 7.63. The van der Waals surface area contributed by atoms with E-state index in [1.165, 1.54) is 0 Å². The Morgan fingerprint density at radius 2 is 2.18 bits per heavy atom. The van der Waals surface area contributed by atoms with E-state index in [0.717, 1.165) is 4.47 Å². The predicted octanol–water partition coefficient (Wildman–Crippen LogP) is 2.81. The lowest BCUT2D eigenvalue weighted by Gasteiger charge is -2.08. The molecule has 0 saturated heterocycles. The van der Waals surface area contributed by atoms with E-state index in [9.17, 15) is 4.21 Å². The van der Waals surface area contributed by atoms with Crippen molar-refractivity contribution in [3.8, 4) is 0 Å². The molecule has 0 heterocycles. The van der Waals surface area contributed by atoms with Crippen molar-refractivity contribution in [1.82, 2.24) is 0 Å². The molecule has 0 aliphatic heterocycles. The summed E-state index contributed by atoms with van der Waals surface area (Å²) in [7, 11) is -1.10. The summed E-state index contributed by atoms with van der Waals surface area (Å²) in [6.45, 7) is 5.37. The van der Waals surface area contributed by atoms with Gasteiger partial charge in [0.2, 0.25) is 0 Å². The van der Waals surface area contributed by atoms with E-state index in [1.54, 1.807) is 12.1 Å². The van der Waals surface area contributed by atoms with Gasteiger partial charge in [-0.15, -0.1) is 0 Å². The highest BCUT2D eigenvalue weighted by molar-refractivity contribution is 9.10. The second-order valence-corrected chi connectivity index (χ2v) is 6.66. The fourth-order valence-electron chi connectivity index (χ4n) is 1.27. The van der Waals surface area contributed by atoms with Crippen LogP contribution in [0.2, 0.25) is 0 Å². The van der Waals surface area contributed by atoms with Crippen LogP contribution >= 0.6 is 15.9 Å². The summed E-state index contributed by atoms with van der Waals surface area (Å²) in [4.78, 5) is 0.674. The van der Waals surface area contributed by atoms with Crippen LogP contribution < -0.4 is 5.73 Å².